The Morgan fingerprint density at radius 2 is 1.92 bits per heavy atom. The number of aromatic nitrogens is 1. The Bertz CT molecular complexity index is 554. The van der Waals surface area contributed by atoms with Crippen molar-refractivity contribution in [3.05, 3.63) is 11.2 Å². The highest BCUT2D eigenvalue weighted by Crippen LogP contribution is 2.33. The Balaban J connectivity index is 0.000000307. The number of nitrogens with one attached hydrogen (secondary N) is 1. The average molecular weight is 358 g/mol. The molecule has 2 rings (SSSR count). The molecule has 1 amide bonds. The Kier molecular flexibility index (Phi) is 7.41. The van der Waals surface area contributed by atoms with Crippen molar-refractivity contribution in [2.75, 3.05) is 36.1 Å². The number of hydrogen-bond donors (Lipinski definition) is 3. The number of ether oxygens (including phenoxy) is 1. The largest absolute Gasteiger partial charge is 0.444 e. The normalized spacial score (nSPS) is 14.5. The van der Waals surface area contributed by atoms with E-state index in [1.165, 1.54) is 19.3 Å². The number of carbonyl (C=O) groups excluding carboxylic acids is 1. The van der Waals surface area contributed by atoms with Crippen LogP contribution in [0.4, 0.5) is 22.0 Å². The highest BCUT2D eigenvalue weighted by atomic mass is 35.5. The number of hydrogen-bond acceptors (Lipinski definition) is 6. The van der Waals surface area contributed by atoms with Crippen LogP contribution >= 0.6 is 11.6 Å². The van der Waals surface area contributed by atoms with Crippen LogP contribution in [0.25, 0.3) is 0 Å². The van der Waals surface area contributed by atoms with E-state index in [4.69, 9.17) is 23.1 Å². The maximum Gasteiger partial charge on any atom is 0.405 e. The van der Waals surface area contributed by atoms with Gasteiger partial charge in [-0.25, -0.2) is 9.78 Å². The monoisotopic (exact) mass is 357 g/mol. The molecule has 0 bridgehead atoms. The number of piperidine rings is 1. The average Bonchev–Trinajstić information content (AvgIpc) is 2.48. The highest BCUT2D eigenvalue weighted by molar-refractivity contribution is 6.30. The molecular formula is C16H28ClN5O2. The molecule has 1 aliphatic rings. The summed E-state index contributed by atoms with van der Waals surface area (Å²) in [5.41, 5.74) is 12.0. The lowest BCUT2D eigenvalue weighted by atomic mass is 10.1. The molecule has 0 unspecified atom stereocenters. The fourth-order valence-electron chi connectivity index (χ4n) is 2.40. The molecule has 0 atom stereocenters. The molecular weight excluding hydrogens is 330 g/mol. The zero-order chi connectivity index (χ0) is 18.3. The maximum absolute atomic E-state index is 10.0. The summed E-state index contributed by atoms with van der Waals surface area (Å²) < 4.78 is 4.58. The minimum absolute atomic E-state index is 0.453. The summed E-state index contributed by atoms with van der Waals surface area (Å²) in [6.45, 7) is 7.38. The Hall–Kier alpha value is -1.89. The van der Waals surface area contributed by atoms with Crippen LogP contribution in [0.1, 0.15) is 40.0 Å². The number of amides is 1. The van der Waals surface area contributed by atoms with Crippen LogP contribution in [0.5, 0.6) is 0 Å². The summed E-state index contributed by atoms with van der Waals surface area (Å²) in [7, 11) is 1.80. The van der Waals surface area contributed by atoms with Crippen LogP contribution in [-0.4, -0.2) is 36.8 Å². The van der Waals surface area contributed by atoms with E-state index in [1.54, 1.807) is 27.8 Å². The summed E-state index contributed by atoms with van der Waals surface area (Å²) in [4.78, 5) is 16.4. The zero-order valence-corrected chi connectivity index (χ0v) is 15.6. The zero-order valence-electron chi connectivity index (χ0n) is 14.9. The minimum atomic E-state index is -0.725. The van der Waals surface area contributed by atoms with E-state index < -0.39 is 11.7 Å². The van der Waals surface area contributed by atoms with Gasteiger partial charge in [0.15, 0.2) is 5.82 Å². The molecule has 0 saturated carbocycles. The van der Waals surface area contributed by atoms with Crippen molar-refractivity contribution >= 4 is 34.9 Å². The third kappa shape index (κ3) is 6.70. The van der Waals surface area contributed by atoms with E-state index in [9.17, 15) is 4.79 Å². The number of pyridine rings is 1. The predicted molar refractivity (Wildman–Crippen MR) is 99.7 cm³/mol. The first-order valence-electron chi connectivity index (χ1n) is 8.01. The molecule has 0 radical (unpaired) electrons. The Labute approximate surface area is 148 Å². The second-order valence-electron chi connectivity index (χ2n) is 6.56. The van der Waals surface area contributed by atoms with Gasteiger partial charge in [0.25, 0.3) is 0 Å². The summed E-state index contributed by atoms with van der Waals surface area (Å²) in [5.74, 6) is 0.660. The van der Waals surface area contributed by atoms with Gasteiger partial charge in [0, 0.05) is 26.2 Å². The quantitative estimate of drug-likeness (QED) is 0.701. The van der Waals surface area contributed by atoms with Crippen LogP contribution < -0.4 is 21.7 Å². The van der Waals surface area contributed by atoms with E-state index >= 15 is 0 Å². The van der Waals surface area contributed by atoms with Crippen molar-refractivity contribution in [1.29, 1.82) is 0 Å². The summed E-state index contributed by atoms with van der Waals surface area (Å²) >= 11 is 5.99. The molecule has 1 aliphatic heterocycles. The number of halogens is 1. The molecule has 0 aromatic carbocycles. The van der Waals surface area contributed by atoms with Crippen LogP contribution in [-0.2, 0) is 4.74 Å². The molecule has 7 nitrogen and oxygen atoms in total. The number of anilines is 3. The summed E-state index contributed by atoms with van der Waals surface area (Å²) in [6.07, 6.45) is 3.01. The number of nitrogen functional groups attached to an aromatic ring is 1. The lowest BCUT2D eigenvalue weighted by Crippen LogP contribution is -2.30. The van der Waals surface area contributed by atoms with E-state index in [2.05, 4.69) is 19.9 Å². The van der Waals surface area contributed by atoms with Gasteiger partial charge in [0.2, 0.25) is 0 Å². The minimum Gasteiger partial charge on any atom is -0.444 e. The molecule has 136 valence electrons. The molecule has 1 aromatic rings. The number of carbonyl (C=O) groups is 1. The smallest absolute Gasteiger partial charge is 0.405 e. The van der Waals surface area contributed by atoms with E-state index in [-0.39, 0.29) is 0 Å². The lowest BCUT2D eigenvalue weighted by Gasteiger charge is -2.30. The molecule has 1 saturated heterocycles. The van der Waals surface area contributed by atoms with Crippen LogP contribution in [0.2, 0.25) is 5.15 Å². The number of nitrogens with two attached hydrogens (primary N) is 2. The topological polar surface area (TPSA) is 106 Å². The first kappa shape index (κ1) is 20.2. The second kappa shape index (κ2) is 8.82. The fourth-order valence-corrected chi connectivity index (χ4v) is 2.59. The third-order valence-electron chi connectivity index (χ3n) is 3.35. The van der Waals surface area contributed by atoms with Gasteiger partial charge < -0.3 is 26.4 Å². The standard InChI is InChI=1S/C11H17ClN4.C5H11NO2/c1-14-11-10(13)8(7-9(12)15-11)16-5-3-2-4-6-16;1-5(2,3)8-4(6)7/h7H,2-6,13H2,1H3,(H,14,15);1-3H3,(H2,6,7). The first-order chi connectivity index (χ1) is 11.1. The third-order valence-corrected chi connectivity index (χ3v) is 3.54. The first-order valence-corrected chi connectivity index (χ1v) is 8.39. The summed E-state index contributed by atoms with van der Waals surface area (Å²) in [6, 6.07) is 1.85. The van der Waals surface area contributed by atoms with Gasteiger partial charge in [-0.05, 0) is 40.0 Å². The predicted octanol–water partition coefficient (Wildman–Crippen LogP) is 3.23. The Morgan fingerprint density at radius 3 is 2.33 bits per heavy atom. The molecule has 1 aromatic heterocycles. The van der Waals surface area contributed by atoms with Crippen LogP contribution in [0, 0.1) is 0 Å². The van der Waals surface area contributed by atoms with Crippen LogP contribution in [0.3, 0.4) is 0 Å². The van der Waals surface area contributed by atoms with Gasteiger partial charge in [-0.15, -0.1) is 0 Å². The SMILES string of the molecule is CC(C)(C)OC(N)=O.CNc1nc(Cl)cc(N2CCCCC2)c1N. The molecule has 5 N–H and O–H groups in total. The van der Waals surface area contributed by atoms with Gasteiger partial charge in [0.1, 0.15) is 10.8 Å². The van der Waals surface area contributed by atoms with Gasteiger partial charge >= 0.3 is 6.09 Å². The van der Waals surface area contributed by atoms with Gasteiger partial charge in [-0.3, -0.25) is 0 Å². The van der Waals surface area contributed by atoms with E-state index in [0.29, 0.717) is 16.7 Å². The van der Waals surface area contributed by atoms with Crippen LogP contribution in [0.15, 0.2) is 6.07 Å². The molecule has 0 spiro atoms. The van der Waals surface area contributed by atoms with Crippen molar-refractivity contribution < 1.29 is 9.53 Å². The fraction of sp³-hybridized carbons (Fsp3) is 0.625. The lowest BCUT2D eigenvalue weighted by molar-refractivity contribution is 0.0600. The maximum atomic E-state index is 10.0. The van der Waals surface area contributed by atoms with Gasteiger partial charge in [-0.2, -0.15) is 0 Å². The number of primary amides is 1. The van der Waals surface area contributed by atoms with Crippen molar-refractivity contribution in [2.45, 2.75) is 45.6 Å². The van der Waals surface area contributed by atoms with Crippen molar-refractivity contribution in [1.82, 2.24) is 4.98 Å². The summed E-state index contributed by atoms with van der Waals surface area (Å²) in [5, 5.41) is 3.45. The Morgan fingerprint density at radius 1 is 1.33 bits per heavy atom. The van der Waals surface area contributed by atoms with E-state index in [0.717, 1.165) is 18.8 Å². The number of nitrogens with zero attached hydrogens (tertiary/aromatic N) is 2. The molecule has 2 heterocycles. The molecule has 0 aliphatic carbocycles. The van der Waals surface area contributed by atoms with Crippen molar-refractivity contribution in [3.63, 3.8) is 0 Å². The molecule has 1 fully saturated rings. The van der Waals surface area contributed by atoms with Crippen molar-refractivity contribution in [2.24, 2.45) is 5.73 Å². The number of rotatable bonds is 2. The highest BCUT2D eigenvalue weighted by Gasteiger charge is 2.17. The van der Waals surface area contributed by atoms with Crippen molar-refractivity contribution in [3.8, 4) is 0 Å². The second-order valence-corrected chi connectivity index (χ2v) is 6.94. The van der Waals surface area contributed by atoms with Gasteiger partial charge in [0.05, 0.1) is 11.4 Å². The molecule has 24 heavy (non-hydrogen) atoms. The van der Waals surface area contributed by atoms with E-state index in [1.807, 2.05) is 6.07 Å². The van der Waals surface area contributed by atoms with Gasteiger partial charge in [-0.1, -0.05) is 11.6 Å². The molecule has 8 heteroatoms.